The Bertz CT molecular complexity index is 2620. The highest BCUT2D eigenvalue weighted by atomic mass is 15.1. The van der Waals surface area contributed by atoms with Crippen LogP contribution in [0.5, 0.6) is 0 Å². The Kier molecular flexibility index (Phi) is 11.2. The van der Waals surface area contributed by atoms with E-state index in [1.807, 2.05) is 55.5 Å². The molecular formula is C51H45N3. The molecule has 0 fully saturated rings. The minimum Gasteiger partial charge on any atom is -0.310 e. The van der Waals surface area contributed by atoms with Crippen molar-refractivity contribution in [3.63, 3.8) is 0 Å². The second-order valence-corrected chi connectivity index (χ2v) is 14.3. The van der Waals surface area contributed by atoms with Crippen molar-refractivity contribution in [1.82, 2.24) is 0 Å². The highest BCUT2D eigenvalue weighted by Gasteiger charge is 2.19. The third-order valence-electron chi connectivity index (χ3n) is 9.57. The lowest BCUT2D eigenvalue weighted by molar-refractivity contribution is 1.26. The largest absolute Gasteiger partial charge is 0.310 e. The predicted molar refractivity (Wildman–Crippen MR) is 229 cm³/mol. The molecule has 0 saturated heterocycles. The lowest BCUT2D eigenvalue weighted by atomic mass is 9.92. The third kappa shape index (κ3) is 8.34. The number of hydrogen-bond donors (Lipinski definition) is 0. The summed E-state index contributed by atoms with van der Waals surface area (Å²) in [5, 5.41) is 25.3. The molecule has 8 rings (SSSR count). The van der Waals surface area contributed by atoms with Crippen LogP contribution in [0.3, 0.4) is 0 Å². The summed E-state index contributed by atoms with van der Waals surface area (Å²) in [6.07, 6.45) is 0. The van der Waals surface area contributed by atoms with Gasteiger partial charge in [-0.15, -0.1) is 0 Å². The van der Waals surface area contributed by atoms with E-state index < -0.39 is 0 Å². The first-order valence-corrected chi connectivity index (χ1v) is 18.3. The van der Waals surface area contributed by atoms with Crippen molar-refractivity contribution in [1.29, 1.82) is 10.5 Å². The van der Waals surface area contributed by atoms with Crippen LogP contribution >= 0.6 is 0 Å². The number of rotatable bonds is 3. The summed E-state index contributed by atoms with van der Waals surface area (Å²) in [7, 11) is 0. The van der Waals surface area contributed by atoms with Crippen LogP contribution in [0, 0.1) is 71.1 Å². The number of benzene rings is 8. The molecule has 264 valence electrons. The monoisotopic (exact) mass is 699 g/mol. The van der Waals surface area contributed by atoms with E-state index in [1.54, 1.807) is 0 Å². The predicted octanol–water partition coefficient (Wildman–Crippen LogP) is 13.9. The fraction of sp³-hybridized carbons (Fsp3) is 0.137. The first kappa shape index (κ1) is 37.1. The fourth-order valence-electron chi connectivity index (χ4n) is 7.32. The number of hydrogen-bond acceptors (Lipinski definition) is 3. The van der Waals surface area contributed by atoms with Gasteiger partial charge in [-0.05, 0) is 147 Å². The lowest BCUT2D eigenvalue weighted by Gasteiger charge is -2.28. The van der Waals surface area contributed by atoms with Gasteiger partial charge < -0.3 is 4.90 Å². The standard InChI is InChI=1S/C34H26N2.C9H12.C8H7N/c1-22-16-23(2)18-27(17-22)36(26-14-12-25(21-35)13-15-26)34-20-33-29-9-5-4-8-28(29)24(3)19-32(33)30-10-6-7-11-31(30)34;1-7-4-8(2)6-9(3)5-7;1-7-2-4-8(6-9)5-3-7/h4-20H,1-3H3;4-6H,1-3H3;2-5H,1H3. The van der Waals surface area contributed by atoms with Gasteiger partial charge in [-0.1, -0.05) is 113 Å². The Morgan fingerprint density at radius 2 is 0.759 bits per heavy atom. The van der Waals surface area contributed by atoms with Gasteiger partial charge in [0.1, 0.15) is 0 Å². The first-order valence-electron chi connectivity index (χ1n) is 18.3. The summed E-state index contributed by atoms with van der Waals surface area (Å²) in [5.41, 5.74) is 13.6. The van der Waals surface area contributed by atoms with Gasteiger partial charge in [0.2, 0.25) is 0 Å². The molecule has 0 unspecified atom stereocenters. The zero-order chi connectivity index (χ0) is 38.4. The molecule has 8 aromatic rings. The van der Waals surface area contributed by atoms with Gasteiger partial charge in [0.25, 0.3) is 0 Å². The maximum Gasteiger partial charge on any atom is 0.0991 e. The molecule has 0 aliphatic carbocycles. The molecule has 54 heavy (non-hydrogen) atoms. The second kappa shape index (κ2) is 16.3. The molecule has 0 heterocycles. The summed E-state index contributed by atoms with van der Waals surface area (Å²) in [6, 6.07) is 54.9. The van der Waals surface area contributed by atoms with E-state index in [-0.39, 0.29) is 0 Å². The lowest BCUT2D eigenvalue weighted by Crippen LogP contribution is -2.11. The van der Waals surface area contributed by atoms with Crippen molar-refractivity contribution >= 4 is 49.4 Å². The van der Waals surface area contributed by atoms with Crippen LogP contribution in [-0.4, -0.2) is 0 Å². The van der Waals surface area contributed by atoms with Crippen molar-refractivity contribution in [2.75, 3.05) is 4.90 Å². The van der Waals surface area contributed by atoms with Gasteiger partial charge >= 0.3 is 0 Å². The van der Waals surface area contributed by atoms with Crippen LogP contribution in [-0.2, 0) is 0 Å². The average Bonchev–Trinajstić information content (AvgIpc) is 3.16. The molecule has 0 atom stereocenters. The number of anilines is 3. The topological polar surface area (TPSA) is 50.8 Å². The summed E-state index contributed by atoms with van der Waals surface area (Å²) in [4.78, 5) is 2.33. The van der Waals surface area contributed by atoms with E-state index in [0.29, 0.717) is 5.56 Å². The van der Waals surface area contributed by atoms with Crippen LogP contribution in [0.1, 0.15) is 50.1 Å². The molecule has 3 nitrogen and oxygen atoms in total. The van der Waals surface area contributed by atoms with Gasteiger partial charge in [0.15, 0.2) is 0 Å². The van der Waals surface area contributed by atoms with Crippen LogP contribution in [0.25, 0.3) is 32.3 Å². The molecule has 0 amide bonds. The van der Waals surface area contributed by atoms with E-state index in [2.05, 4.69) is 156 Å². The molecule has 0 aliphatic rings. The number of fused-ring (bicyclic) bond motifs is 5. The molecule has 0 spiro atoms. The van der Waals surface area contributed by atoms with Gasteiger partial charge in [0, 0.05) is 16.8 Å². The summed E-state index contributed by atoms with van der Waals surface area (Å²) in [6.45, 7) is 14.9. The summed E-state index contributed by atoms with van der Waals surface area (Å²) >= 11 is 0. The molecule has 0 N–H and O–H groups in total. The Hall–Kier alpha value is -6.68. The van der Waals surface area contributed by atoms with Gasteiger partial charge in [-0.3, -0.25) is 0 Å². The Labute approximate surface area is 320 Å². The summed E-state index contributed by atoms with van der Waals surface area (Å²) < 4.78 is 0. The van der Waals surface area contributed by atoms with Gasteiger partial charge in [-0.2, -0.15) is 10.5 Å². The molecule has 0 bridgehead atoms. The molecule has 0 radical (unpaired) electrons. The maximum atomic E-state index is 9.39. The van der Waals surface area contributed by atoms with Crippen LogP contribution in [0.2, 0.25) is 0 Å². The Balaban J connectivity index is 0.000000226. The zero-order valence-electron chi connectivity index (χ0n) is 32.2. The maximum absolute atomic E-state index is 9.39. The molecule has 3 heteroatoms. The van der Waals surface area contributed by atoms with Crippen molar-refractivity contribution in [3.8, 4) is 12.1 Å². The second-order valence-electron chi connectivity index (χ2n) is 14.3. The number of nitriles is 2. The number of nitrogens with zero attached hydrogens (tertiary/aromatic N) is 3. The highest BCUT2D eigenvalue weighted by Crippen LogP contribution is 2.44. The SMILES string of the molecule is Cc1cc(C)cc(C)c1.Cc1cc(C)cc(N(c2ccc(C#N)cc2)c2cc3c4ccccc4c(C)cc3c3ccccc23)c1.Cc1ccc(C#N)cc1. The van der Waals surface area contributed by atoms with Gasteiger partial charge in [-0.25, -0.2) is 0 Å². The zero-order valence-corrected chi connectivity index (χ0v) is 32.2. The van der Waals surface area contributed by atoms with E-state index in [0.717, 1.165) is 22.6 Å². The minimum atomic E-state index is 0.656. The average molecular weight is 700 g/mol. The quantitative estimate of drug-likeness (QED) is 0.173. The van der Waals surface area contributed by atoms with Crippen LogP contribution in [0.4, 0.5) is 17.1 Å². The van der Waals surface area contributed by atoms with Crippen molar-refractivity contribution in [2.24, 2.45) is 0 Å². The van der Waals surface area contributed by atoms with Crippen LogP contribution in [0.15, 0.2) is 146 Å². The highest BCUT2D eigenvalue weighted by molar-refractivity contribution is 6.22. The van der Waals surface area contributed by atoms with E-state index in [1.165, 1.54) is 71.3 Å². The van der Waals surface area contributed by atoms with Crippen molar-refractivity contribution < 1.29 is 0 Å². The van der Waals surface area contributed by atoms with E-state index >= 15 is 0 Å². The number of aryl methyl sites for hydroxylation is 7. The van der Waals surface area contributed by atoms with Crippen LogP contribution < -0.4 is 4.90 Å². The third-order valence-corrected chi connectivity index (χ3v) is 9.57. The molecule has 0 saturated carbocycles. The van der Waals surface area contributed by atoms with Crippen molar-refractivity contribution in [3.05, 3.63) is 196 Å². The molecular weight excluding hydrogens is 655 g/mol. The molecule has 0 aliphatic heterocycles. The first-order chi connectivity index (χ1) is 26.0. The van der Waals surface area contributed by atoms with E-state index in [4.69, 9.17) is 5.26 Å². The Morgan fingerprint density at radius 3 is 1.26 bits per heavy atom. The fourth-order valence-corrected chi connectivity index (χ4v) is 7.32. The van der Waals surface area contributed by atoms with Gasteiger partial charge in [0.05, 0.1) is 29.0 Å². The minimum absolute atomic E-state index is 0.656. The normalized spacial score (nSPS) is 10.5. The molecule has 8 aromatic carbocycles. The van der Waals surface area contributed by atoms with E-state index in [9.17, 15) is 5.26 Å². The smallest absolute Gasteiger partial charge is 0.0991 e. The summed E-state index contributed by atoms with van der Waals surface area (Å²) in [5.74, 6) is 0. The van der Waals surface area contributed by atoms with Crippen molar-refractivity contribution in [2.45, 2.75) is 48.5 Å². The molecule has 0 aromatic heterocycles. The Morgan fingerprint density at radius 1 is 0.352 bits per heavy atom.